The molecule has 1 aromatic carbocycles. The van der Waals surface area contributed by atoms with E-state index in [1.54, 1.807) is 17.5 Å². The van der Waals surface area contributed by atoms with Crippen LogP contribution in [0.25, 0.3) is 27.6 Å². The number of benzene rings is 1. The Morgan fingerprint density at radius 1 is 1.00 bits per heavy atom. The van der Waals surface area contributed by atoms with E-state index in [2.05, 4.69) is 48.5 Å². The van der Waals surface area contributed by atoms with Crippen LogP contribution in [0.4, 0.5) is 5.95 Å². The lowest BCUT2D eigenvalue weighted by molar-refractivity contribution is 1.09. The molecule has 0 aliphatic heterocycles. The minimum absolute atomic E-state index is 0.559. The number of thiazole rings is 1. The van der Waals surface area contributed by atoms with Crippen molar-refractivity contribution < 1.29 is 0 Å². The summed E-state index contributed by atoms with van der Waals surface area (Å²) >= 11 is 1.67. The summed E-state index contributed by atoms with van der Waals surface area (Å²) in [7, 11) is 1.81. The molecule has 4 aromatic rings. The zero-order valence-electron chi connectivity index (χ0n) is 18.3. The third-order valence-corrected chi connectivity index (χ3v) is 7.09. The van der Waals surface area contributed by atoms with Crippen molar-refractivity contribution in [2.75, 3.05) is 12.4 Å². The number of hydrogen-bond acceptors (Lipinski definition) is 6. The first kappa shape index (κ1) is 20.0. The highest BCUT2D eigenvalue weighted by atomic mass is 32.1. The number of nitriles is 1. The highest BCUT2D eigenvalue weighted by molar-refractivity contribution is 7.17. The van der Waals surface area contributed by atoms with Crippen LogP contribution in [0, 0.1) is 52.9 Å². The van der Waals surface area contributed by atoms with E-state index in [9.17, 15) is 5.26 Å². The quantitative estimate of drug-likeness (QED) is 0.491. The van der Waals surface area contributed by atoms with Gasteiger partial charge in [-0.1, -0.05) is 0 Å². The number of nitrogens with zero attached hydrogens (tertiary/aromatic N) is 5. The maximum Gasteiger partial charge on any atom is 0.222 e. The van der Waals surface area contributed by atoms with Gasteiger partial charge in [-0.05, 0) is 69.9 Å². The van der Waals surface area contributed by atoms with Crippen LogP contribution in [-0.4, -0.2) is 26.4 Å². The predicted octanol–water partition coefficient (Wildman–Crippen LogP) is 5.28. The SMILES string of the molecule is CNc1nccc(-c2c(-c3c(C)c(C)c(C)c(C#N)c3C)nc3sc(C)c(C)n23)n1. The smallest absolute Gasteiger partial charge is 0.222 e. The Labute approximate surface area is 180 Å². The number of fused-ring (bicyclic) bond motifs is 1. The Hall–Kier alpha value is -3.24. The van der Waals surface area contributed by atoms with E-state index in [1.165, 1.54) is 4.88 Å². The van der Waals surface area contributed by atoms with Crippen molar-refractivity contribution in [1.29, 1.82) is 5.26 Å². The van der Waals surface area contributed by atoms with Gasteiger partial charge in [0.25, 0.3) is 0 Å². The Morgan fingerprint density at radius 3 is 2.40 bits per heavy atom. The fraction of sp³-hybridized carbons (Fsp3) is 0.304. The summed E-state index contributed by atoms with van der Waals surface area (Å²) < 4.78 is 2.18. The molecule has 3 heterocycles. The van der Waals surface area contributed by atoms with Crippen LogP contribution in [0.2, 0.25) is 0 Å². The number of aryl methyl sites for hydroxylation is 2. The van der Waals surface area contributed by atoms with Crippen molar-refractivity contribution in [2.45, 2.75) is 41.5 Å². The third kappa shape index (κ3) is 2.79. The van der Waals surface area contributed by atoms with Gasteiger partial charge in [0, 0.05) is 29.4 Å². The van der Waals surface area contributed by atoms with Crippen LogP contribution in [0.3, 0.4) is 0 Å². The lowest BCUT2D eigenvalue weighted by Gasteiger charge is -2.17. The molecular formula is C23H24N6S. The van der Waals surface area contributed by atoms with Crippen molar-refractivity contribution in [2.24, 2.45) is 0 Å². The molecule has 0 saturated carbocycles. The molecule has 0 radical (unpaired) electrons. The largest absolute Gasteiger partial charge is 0.357 e. The van der Waals surface area contributed by atoms with Gasteiger partial charge >= 0.3 is 0 Å². The number of aromatic nitrogens is 4. The predicted molar refractivity (Wildman–Crippen MR) is 122 cm³/mol. The molecule has 0 aliphatic rings. The molecule has 1 N–H and O–H groups in total. The van der Waals surface area contributed by atoms with E-state index in [4.69, 9.17) is 9.97 Å². The van der Waals surface area contributed by atoms with Crippen LogP contribution in [-0.2, 0) is 0 Å². The number of imidazole rings is 1. The number of anilines is 1. The van der Waals surface area contributed by atoms with Crippen molar-refractivity contribution in [3.8, 4) is 28.7 Å². The zero-order chi connectivity index (χ0) is 21.7. The Balaban J connectivity index is 2.17. The summed E-state index contributed by atoms with van der Waals surface area (Å²) in [5, 5.41) is 12.8. The van der Waals surface area contributed by atoms with Crippen molar-refractivity contribution in [3.05, 3.63) is 50.7 Å². The van der Waals surface area contributed by atoms with Gasteiger partial charge in [-0.15, -0.1) is 11.3 Å². The van der Waals surface area contributed by atoms with Gasteiger partial charge in [-0.25, -0.2) is 15.0 Å². The summed E-state index contributed by atoms with van der Waals surface area (Å²) in [6.45, 7) is 12.4. The normalized spacial score (nSPS) is 11.1. The topological polar surface area (TPSA) is 78.9 Å². The first-order valence-electron chi connectivity index (χ1n) is 9.80. The maximum absolute atomic E-state index is 9.82. The number of rotatable bonds is 3. The van der Waals surface area contributed by atoms with Gasteiger partial charge in [-0.2, -0.15) is 5.26 Å². The van der Waals surface area contributed by atoms with E-state index in [-0.39, 0.29) is 0 Å². The molecule has 152 valence electrons. The first-order valence-corrected chi connectivity index (χ1v) is 10.6. The summed E-state index contributed by atoms with van der Waals surface area (Å²) in [5.41, 5.74) is 9.75. The molecule has 0 spiro atoms. The van der Waals surface area contributed by atoms with Crippen molar-refractivity contribution >= 4 is 22.2 Å². The summed E-state index contributed by atoms with van der Waals surface area (Å²) in [5.74, 6) is 0.559. The summed E-state index contributed by atoms with van der Waals surface area (Å²) in [6.07, 6.45) is 1.76. The van der Waals surface area contributed by atoms with Gasteiger partial charge in [0.1, 0.15) is 11.4 Å². The summed E-state index contributed by atoms with van der Waals surface area (Å²) in [4.78, 5) is 16.2. The lowest BCUT2D eigenvalue weighted by atomic mass is 9.87. The molecule has 0 unspecified atom stereocenters. The standard InChI is InChI=1S/C23H24N6S/c1-11-12(2)17(10-24)14(4)19(13(11)3)20-21(18-8-9-26-22(25-7)27-18)29-15(5)16(6)30-23(29)28-20/h8-9H,1-7H3,(H,25,26,27). The Bertz CT molecular complexity index is 1350. The van der Waals surface area contributed by atoms with Crippen molar-refractivity contribution in [3.63, 3.8) is 0 Å². The van der Waals surface area contributed by atoms with E-state index in [1.807, 2.05) is 27.0 Å². The van der Waals surface area contributed by atoms with E-state index >= 15 is 0 Å². The van der Waals surface area contributed by atoms with E-state index in [0.29, 0.717) is 5.95 Å². The van der Waals surface area contributed by atoms with Crippen LogP contribution in [0.15, 0.2) is 12.3 Å². The van der Waals surface area contributed by atoms with Crippen LogP contribution < -0.4 is 5.32 Å². The second kappa shape index (κ2) is 7.22. The average Bonchev–Trinajstić information content (AvgIpc) is 3.23. The van der Waals surface area contributed by atoms with Gasteiger partial charge < -0.3 is 5.32 Å². The second-order valence-electron chi connectivity index (χ2n) is 7.55. The van der Waals surface area contributed by atoms with Gasteiger partial charge in [0.2, 0.25) is 5.95 Å². The Morgan fingerprint density at radius 2 is 1.73 bits per heavy atom. The highest BCUT2D eigenvalue weighted by Gasteiger charge is 2.26. The lowest BCUT2D eigenvalue weighted by Crippen LogP contribution is -2.03. The maximum atomic E-state index is 9.82. The van der Waals surface area contributed by atoms with E-state index < -0.39 is 0 Å². The monoisotopic (exact) mass is 416 g/mol. The minimum Gasteiger partial charge on any atom is -0.357 e. The molecule has 7 heteroatoms. The minimum atomic E-state index is 0.559. The molecule has 6 nitrogen and oxygen atoms in total. The summed E-state index contributed by atoms with van der Waals surface area (Å²) in [6, 6.07) is 4.31. The molecule has 4 rings (SSSR count). The van der Waals surface area contributed by atoms with Gasteiger partial charge in [0.05, 0.1) is 17.3 Å². The molecule has 0 bridgehead atoms. The van der Waals surface area contributed by atoms with Gasteiger partial charge in [-0.3, -0.25) is 4.40 Å². The van der Waals surface area contributed by atoms with Crippen LogP contribution in [0.1, 0.15) is 38.4 Å². The number of nitrogens with one attached hydrogen (secondary N) is 1. The molecule has 3 aromatic heterocycles. The fourth-order valence-corrected chi connectivity index (χ4v) is 5.01. The fourth-order valence-electron chi connectivity index (χ4n) is 4.04. The van der Waals surface area contributed by atoms with E-state index in [0.717, 1.165) is 61.1 Å². The van der Waals surface area contributed by atoms with Crippen LogP contribution >= 0.6 is 11.3 Å². The average molecular weight is 417 g/mol. The Kier molecular flexibility index (Phi) is 4.83. The second-order valence-corrected chi connectivity index (χ2v) is 8.73. The molecule has 0 amide bonds. The molecule has 0 atom stereocenters. The molecule has 0 fully saturated rings. The third-order valence-electron chi connectivity index (χ3n) is 6.03. The van der Waals surface area contributed by atoms with Crippen molar-refractivity contribution in [1.82, 2.24) is 19.4 Å². The van der Waals surface area contributed by atoms with Crippen LogP contribution in [0.5, 0.6) is 0 Å². The molecule has 0 saturated heterocycles. The molecule has 30 heavy (non-hydrogen) atoms. The zero-order valence-corrected chi connectivity index (χ0v) is 19.1. The molecular weight excluding hydrogens is 392 g/mol. The highest BCUT2D eigenvalue weighted by Crippen LogP contribution is 2.41. The van der Waals surface area contributed by atoms with Gasteiger partial charge in [0.15, 0.2) is 4.96 Å². The molecule has 0 aliphatic carbocycles. The number of hydrogen-bond donors (Lipinski definition) is 1. The first-order chi connectivity index (χ1) is 14.3.